The molecule has 114 valence electrons. The van der Waals surface area contributed by atoms with Crippen LogP contribution in [0.2, 0.25) is 0 Å². The number of thioether (sulfide) groups is 1. The Kier molecular flexibility index (Phi) is 3.02. The van der Waals surface area contributed by atoms with Crippen molar-refractivity contribution in [3.63, 3.8) is 0 Å². The molecule has 0 aromatic rings. The normalized spacial score (nSPS) is 42.5. The summed E-state index contributed by atoms with van der Waals surface area (Å²) < 4.78 is 0. The summed E-state index contributed by atoms with van der Waals surface area (Å²) in [5.41, 5.74) is 1.20. The summed E-state index contributed by atoms with van der Waals surface area (Å²) in [5, 5.41) is 14.8. The lowest BCUT2D eigenvalue weighted by molar-refractivity contribution is -0.119. The Hall–Kier alpha value is -0.810. The number of aliphatic hydroxyl groups is 1. The predicted molar refractivity (Wildman–Crippen MR) is 84.0 cm³/mol. The summed E-state index contributed by atoms with van der Waals surface area (Å²) >= 11 is 1.42. The number of nitrogens with zero attached hydrogens (tertiary/aromatic N) is 1. The molecule has 1 amide bonds. The first-order valence-electron chi connectivity index (χ1n) is 8.09. The zero-order valence-electron chi connectivity index (χ0n) is 12.4. The quantitative estimate of drug-likeness (QED) is 0.723. The molecule has 1 spiro atoms. The van der Waals surface area contributed by atoms with E-state index in [0.717, 1.165) is 55.6 Å². The monoisotopic (exact) mass is 306 g/mol. The number of rotatable bonds is 0. The Morgan fingerprint density at radius 2 is 2.19 bits per heavy atom. The third-order valence-corrected chi connectivity index (χ3v) is 6.58. The summed E-state index contributed by atoms with van der Waals surface area (Å²) in [6, 6.07) is 0. The van der Waals surface area contributed by atoms with E-state index in [1.165, 1.54) is 18.2 Å². The molecule has 2 fully saturated rings. The van der Waals surface area contributed by atoms with Gasteiger partial charge >= 0.3 is 0 Å². The molecule has 0 aromatic heterocycles. The number of nitrogens with one attached hydrogen (secondary N) is 1. The average Bonchev–Trinajstić information content (AvgIpc) is 2.69. The zero-order chi connectivity index (χ0) is 14.7. The maximum Gasteiger partial charge on any atom is 0.255 e. The highest BCUT2D eigenvalue weighted by Gasteiger charge is 2.51. The fourth-order valence-electron chi connectivity index (χ4n) is 4.33. The van der Waals surface area contributed by atoms with Gasteiger partial charge in [-0.25, -0.2) is 4.99 Å². The fourth-order valence-corrected chi connectivity index (χ4v) is 5.77. The number of hydrogen-bond donors (Lipinski definition) is 2. The molecular formula is C16H22N2O2S. The molecular weight excluding hydrogens is 284 g/mol. The van der Waals surface area contributed by atoms with Crippen molar-refractivity contribution < 1.29 is 9.90 Å². The van der Waals surface area contributed by atoms with Crippen LogP contribution in [-0.4, -0.2) is 26.7 Å². The number of carbonyl (C=O) groups is 1. The van der Waals surface area contributed by atoms with E-state index in [2.05, 4.69) is 12.2 Å². The molecule has 21 heavy (non-hydrogen) atoms. The van der Waals surface area contributed by atoms with Gasteiger partial charge in [0, 0.05) is 0 Å². The van der Waals surface area contributed by atoms with Crippen molar-refractivity contribution in [2.75, 3.05) is 0 Å². The van der Waals surface area contributed by atoms with Crippen LogP contribution in [0.3, 0.4) is 0 Å². The van der Waals surface area contributed by atoms with Crippen LogP contribution in [0.5, 0.6) is 0 Å². The molecule has 4 rings (SSSR count). The second kappa shape index (κ2) is 4.59. The van der Waals surface area contributed by atoms with Crippen molar-refractivity contribution in [3.05, 3.63) is 11.1 Å². The number of aliphatic imine (C=N–C) groups is 1. The van der Waals surface area contributed by atoms with Crippen LogP contribution in [0.1, 0.15) is 58.3 Å². The molecule has 2 aliphatic heterocycles. The Bertz CT molecular complexity index is 571. The Balaban J connectivity index is 1.76. The fraction of sp³-hybridized carbons (Fsp3) is 0.750. The van der Waals surface area contributed by atoms with Crippen LogP contribution in [0, 0.1) is 5.92 Å². The van der Waals surface area contributed by atoms with Crippen LogP contribution in [0.15, 0.2) is 16.1 Å². The number of fused-ring (bicyclic) bond motifs is 2. The summed E-state index contributed by atoms with van der Waals surface area (Å²) in [5.74, 6) is 0.587. The lowest BCUT2D eigenvalue weighted by Crippen LogP contribution is -2.53. The SMILES string of the molecule is CC1CCCC2(C1)N=C1SC3(O)CCCCC3=C1C(=O)N2. The number of carbonyl (C=O) groups excluding carboxylic acids is 1. The summed E-state index contributed by atoms with van der Waals surface area (Å²) in [7, 11) is 0. The third kappa shape index (κ3) is 2.08. The van der Waals surface area contributed by atoms with Crippen molar-refractivity contribution in [1.82, 2.24) is 5.32 Å². The highest BCUT2D eigenvalue weighted by Crippen LogP contribution is 2.52. The molecule has 0 bridgehead atoms. The van der Waals surface area contributed by atoms with E-state index in [-0.39, 0.29) is 5.91 Å². The summed E-state index contributed by atoms with van der Waals surface area (Å²) in [4.78, 5) is 16.7. The van der Waals surface area contributed by atoms with Gasteiger partial charge < -0.3 is 10.4 Å². The maximum absolute atomic E-state index is 12.7. The van der Waals surface area contributed by atoms with Gasteiger partial charge in [0.05, 0.1) is 5.57 Å². The Labute approximate surface area is 129 Å². The third-order valence-electron chi connectivity index (χ3n) is 5.31. The molecule has 2 N–H and O–H groups in total. The molecule has 3 unspecified atom stereocenters. The van der Waals surface area contributed by atoms with E-state index < -0.39 is 10.6 Å². The predicted octanol–water partition coefficient (Wildman–Crippen LogP) is 2.73. The van der Waals surface area contributed by atoms with Gasteiger partial charge in [-0.15, -0.1) is 0 Å². The largest absolute Gasteiger partial charge is 0.375 e. The highest BCUT2D eigenvalue weighted by molar-refractivity contribution is 8.16. The molecule has 5 heteroatoms. The summed E-state index contributed by atoms with van der Waals surface area (Å²) in [6.45, 7) is 2.23. The molecule has 3 atom stereocenters. The summed E-state index contributed by atoms with van der Waals surface area (Å²) in [6.07, 6.45) is 7.83. The zero-order valence-corrected chi connectivity index (χ0v) is 13.3. The lowest BCUT2D eigenvalue weighted by Gasteiger charge is -2.40. The highest BCUT2D eigenvalue weighted by atomic mass is 32.2. The van der Waals surface area contributed by atoms with E-state index in [4.69, 9.17) is 4.99 Å². The lowest BCUT2D eigenvalue weighted by atomic mass is 9.81. The molecule has 0 saturated heterocycles. The van der Waals surface area contributed by atoms with Crippen LogP contribution in [0.4, 0.5) is 0 Å². The average molecular weight is 306 g/mol. The van der Waals surface area contributed by atoms with Crippen molar-refractivity contribution in [1.29, 1.82) is 0 Å². The second-order valence-corrected chi connectivity index (χ2v) is 8.32. The molecule has 2 saturated carbocycles. The van der Waals surface area contributed by atoms with Crippen molar-refractivity contribution in [2.24, 2.45) is 10.9 Å². The van der Waals surface area contributed by atoms with Gasteiger partial charge in [-0.3, -0.25) is 4.79 Å². The van der Waals surface area contributed by atoms with Crippen LogP contribution in [0.25, 0.3) is 0 Å². The molecule has 2 heterocycles. The second-order valence-electron chi connectivity index (χ2n) is 7.05. The van der Waals surface area contributed by atoms with Crippen molar-refractivity contribution >= 4 is 22.7 Å². The van der Waals surface area contributed by atoms with Crippen molar-refractivity contribution in [2.45, 2.75) is 68.9 Å². The first kappa shape index (κ1) is 13.8. The first-order valence-corrected chi connectivity index (χ1v) is 8.91. The molecule has 0 aromatic carbocycles. The van der Waals surface area contributed by atoms with Gasteiger partial charge in [-0.05, 0) is 56.4 Å². The van der Waals surface area contributed by atoms with E-state index in [0.29, 0.717) is 11.5 Å². The van der Waals surface area contributed by atoms with Crippen LogP contribution >= 0.6 is 11.8 Å². The van der Waals surface area contributed by atoms with E-state index >= 15 is 0 Å². The molecule has 0 radical (unpaired) electrons. The Morgan fingerprint density at radius 1 is 1.33 bits per heavy atom. The van der Waals surface area contributed by atoms with Crippen LogP contribution in [-0.2, 0) is 4.79 Å². The van der Waals surface area contributed by atoms with Gasteiger partial charge in [0.15, 0.2) is 0 Å². The van der Waals surface area contributed by atoms with Gasteiger partial charge in [0.2, 0.25) is 0 Å². The van der Waals surface area contributed by atoms with E-state index in [1.807, 2.05) is 0 Å². The number of amides is 1. The van der Waals surface area contributed by atoms with Crippen LogP contribution < -0.4 is 5.32 Å². The van der Waals surface area contributed by atoms with Gasteiger partial charge in [-0.1, -0.05) is 25.1 Å². The minimum absolute atomic E-state index is 0.00516. The minimum atomic E-state index is -0.866. The first-order chi connectivity index (χ1) is 10.0. The van der Waals surface area contributed by atoms with Gasteiger partial charge in [-0.2, -0.15) is 0 Å². The molecule has 4 nitrogen and oxygen atoms in total. The van der Waals surface area contributed by atoms with E-state index in [1.54, 1.807) is 0 Å². The van der Waals surface area contributed by atoms with Gasteiger partial charge in [0.1, 0.15) is 15.6 Å². The van der Waals surface area contributed by atoms with E-state index in [9.17, 15) is 9.90 Å². The van der Waals surface area contributed by atoms with Gasteiger partial charge in [0.25, 0.3) is 5.91 Å². The molecule has 2 aliphatic carbocycles. The minimum Gasteiger partial charge on any atom is -0.375 e. The maximum atomic E-state index is 12.7. The smallest absolute Gasteiger partial charge is 0.255 e. The molecule has 4 aliphatic rings. The topological polar surface area (TPSA) is 61.7 Å². The van der Waals surface area contributed by atoms with Crippen molar-refractivity contribution in [3.8, 4) is 0 Å². The Morgan fingerprint density at radius 3 is 3.00 bits per heavy atom. The standard InChI is InChI=1S/C16H22N2O2S/c1-10-5-4-7-15(9-10)17-13(19)12-11-6-2-3-8-16(11,20)21-14(12)18-15/h10,20H,2-9H2,1H3,(H,17,19). The number of hydrogen-bond acceptors (Lipinski definition) is 4.